The molecule has 1 aromatic heterocycles. The molecule has 1 aliphatic heterocycles. The molecule has 0 fully saturated rings. The largest absolute Gasteiger partial charge is 0.493 e. The van der Waals surface area contributed by atoms with Crippen molar-refractivity contribution in [2.24, 2.45) is 0 Å². The van der Waals surface area contributed by atoms with E-state index in [1.165, 1.54) is 0 Å². The van der Waals surface area contributed by atoms with E-state index in [0.29, 0.717) is 17.2 Å². The summed E-state index contributed by atoms with van der Waals surface area (Å²) in [4.78, 5) is 17.2. The van der Waals surface area contributed by atoms with Crippen molar-refractivity contribution in [1.29, 1.82) is 0 Å². The standard InChI is InChI=1S/C22H23N3O3S/c1-14-4-9-19(20(12-14)27-3)28-15(2)21(26)23-17-7-5-16(6-8-17)18-13-25-10-11-29-22(25)24-18/h4-9,12-13,15H,10-11H2,1-3H3,(H,23,26). The minimum Gasteiger partial charge on any atom is -0.493 e. The molecule has 1 N–H and O–H groups in total. The summed E-state index contributed by atoms with van der Waals surface area (Å²) < 4.78 is 13.3. The molecule has 0 aliphatic carbocycles. The second kappa shape index (κ2) is 8.21. The number of thioether (sulfide) groups is 1. The molecule has 6 nitrogen and oxygen atoms in total. The van der Waals surface area contributed by atoms with Crippen molar-refractivity contribution in [1.82, 2.24) is 9.55 Å². The number of ether oxygens (including phenoxy) is 2. The van der Waals surface area contributed by atoms with Crippen LogP contribution in [0.15, 0.2) is 53.8 Å². The first kappa shape index (κ1) is 19.4. The van der Waals surface area contributed by atoms with E-state index in [1.54, 1.807) is 25.8 Å². The van der Waals surface area contributed by atoms with Gasteiger partial charge in [-0.3, -0.25) is 4.79 Å². The van der Waals surface area contributed by atoms with Gasteiger partial charge in [-0.15, -0.1) is 0 Å². The Balaban J connectivity index is 1.40. The number of anilines is 1. The van der Waals surface area contributed by atoms with Crippen LogP contribution < -0.4 is 14.8 Å². The molecular formula is C22H23N3O3S. The predicted octanol–water partition coefficient (Wildman–Crippen LogP) is 4.38. The first-order valence-electron chi connectivity index (χ1n) is 9.46. The molecule has 3 aromatic rings. The number of carbonyl (C=O) groups excluding carboxylic acids is 1. The molecule has 150 valence electrons. The highest BCUT2D eigenvalue weighted by atomic mass is 32.2. The highest BCUT2D eigenvalue weighted by molar-refractivity contribution is 7.99. The third-order valence-electron chi connectivity index (χ3n) is 4.74. The minimum atomic E-state index is -0.667. The van der Waals surface area contributed by atoms with Crippen molar-refractivity contribution in [3.63, 3.8) is 0 Å². The number of rotatable bonds is 6. The molecule has 2 aromatic carbocycles. The van der Waals surface area contributed by atoms with E-state index < -0.39 is 6.10 Å². The third kappa shape index (κ3) is 4.24. The van der Waals surface area contributed by atoms with Crippen LogP contribution in [0.25, 0.3) is 11.3 Å². The summed E-state index contributed by atoms with van der Waals surface area (Å²) in [6.07, 6.45) is 1.41. The van der Waals surface area contributed by atoms with Crippen LogP contribution in [0.4, 0.5) is 5.69 Å². The van der Waals surface area contributed by atoms with E-state index in [-0.39, 0.29) is 5.91 Å². The van der Waals surface area contributed by atoms with Crippen molar-refractivity contribution in [3.8, 4) is 22.8 Å². The number of aromatic nitrogens is 2. The summed E-state index contributed by atoms with van der Waals surface area (Å²) in [6, 6.07) is 13.3. The van der Waals surface area contributed by atoms with Crippen LogP contribution in [-0.2, 0) is 11.3 Å². The van der Waals surface area contributed by atoms with Gasteiger partial charge in [0.25, 0.3) is 5.91 Å². The molecule has 0 saturated carbocycles. The molecule has 2 heterocycles. The van der Waals surface area contributed by atoms with Gasteiger partial charge in [-0.1, -0.05) is 30.0 Å². The maximum atomic E-state index is 12.5. The Morgan fingerprint density at radius 3 is 2.72 bits per heavy atom. The van der Waals surface area contributed by atoms with Crippen LogP contribution in [0.5, 0.6) is 11.5 Å². The molecule has 0 bridgehead atoms. The SMILES string of the molecule is COc1cc(C)ccc1OC(C)C(=O)Nc1ccc(-c2cn3c(n2)SCC3)cc1. The van der Waals surface area contributed by atoms with E-state index in [2.05, 4.69) is 21.1 Å². The van der Waals surface area contributed by atoms with Crippen molar-refractivity contribution in [2.45, 2.75) is 31.7 Å². The quantitative estimate of drug-likeness (QED) is 0.655. The van der Waals surface area contributed by atoms with Crippen LogP contribution in [0.2, 0.25) is 0 Å². The van der Waals surface area contributed by atoms with Crippen molar-refractivity contribution in [2.75, 3.05) is 18.2 Å². The summed E-state index contributed by atoms with van der Waals surface area (Å²) in [5, 5.41) is 3.96. The van der Waals surface area contributed by atoms with Crippen LogP contribution >= 0.6 is 11.8 Å². The van der Waals surface area contributed by atoms with Gasteiger partial charge in [-0.25, -0.2) is 4.98 Å². The molecule has 0 radical (unpaired) electrons. The zero-order chi connectivity index (χ0) is 20.4. The number of carbonyl (C=O) groups is 1. The monoisotopic (exact) mass is 409 g/mol. The first-order valence-corrected chi connectivity index (χ1v) is 10.4. The Labute approximate surface area is 174 Å². The van der Waals surface area contributed by atoms with Crippen molar-refractivity contribution < 1.29 is 14.3 Å². The van der Waals surface area contributed by atoms with Gasteiger partial charge in [0.2, 0.25) is 0 Å². The Morgan fingerprint density at radius 2 is 2.00 bits per heavy atom. The number of methoxy groups -OCH3 is 1. The Bertz CT molecular complexity index is 1010. The van der Waals surface area contributed by atoms with E-state index >= 15 is 0 Å². The number of nitrogens with zero attached hydrogens (tertiary/aromatic N) is 2. The smallest absolute Gasteiger partial charge is 0.265 e. The molecular weight excluding hydrogens is 386 g/mol. The maximum absolute atomic E-state index is 12.5. The summed E-state index contributed by atoms with van der Waals surface area (Å²) in [5.41, 5.74) is 3.76. The number of hydrogen-bond acceptors (Lipinski definition) is 5. The Hall–Kier alpha value is -2.93. The molecule has 29 heavy (non-hydrogen) atoms. The second-order valence-corrected chi connectivity index (χ2v) is 7.99. The molecule has 1 aliphatic rings. The highest BCUT2D eigenvalue weighted by Gasteiger charge is 2.18. The van der Waals surface area contributed by atoms with E-state index in [0.717, 1.165) is 34.3 Å². The summed E-state index contributed by atoms with van der Waals surface area (Å²) in [6.45, 7) is 4.69. The maximum Gasteiger partial charge on any atom is 0.265 e. The normalized spacial score (nSPS) is 13.6. The highest BCUT2D eigenvalue weighted by Crippen LogP contribution is 2.30. The van der Waals surface area contributed by atoms with Gasteiger partial charge >= 0.3 is 0 Å². The van der Waals surface area contributed by atoms with Crippen LogP contribution in [0.3, 0.4) is 0 Å². The van der Waals surface area contributed by atoms with Crippen LogP contribution in [0, 0.1) is 6.92 Å². The average molecular weight is 410 g/mol. The van der Waals surface area contributed by atoms with Gasteiger partial charge in [-0.2, -0.15) is 0 Å². The van der Waals surface area contributed by atoms with Crippen LogP contribution in [0.1, 0.15) is 12.5 Å². The molecule has 7 heteroatoms. The number of hydrogen-bond donors (Lipinski definition) is 1. The summed E-state index contributed by atoms with van der Waals surface area (Å²) in [5.74, 6) is 2.01. The fourth-order valence-electron chi connectivity index (χ4n) is 3.13. The fourth-order valence-corrected chi connectivity index (χ4v) is 4.08. The lowest BCUT2D eigenvalue weighted by atomic mass is 10.1. The third-order valence-corrected chi connectivity index (χ3v) is 5.71. The van der Waals surface area contributed by atoms with E-state index in [4.69, 9.17) is 9.47 Å². The number of nitrogens with one attached hydrogen (secondary N) is 1. The minimum absolute atomic E-state index is 0.224. The lowest BCUT2D eigenvalue weighted by Crippen LogP contribution is -2.30. The zero-order valence-electron chi connectivity index (χ0n) is 16.6. The zero-order valence-corrected chi connectivity index (χ0v) is 17.5. The molecule has 0 spiro atoms. The number of imidazole rings is 1. The van der Waals surface area contributed by atoms with Crippen LogP contribution in [-0.4, -0.2) is 34.4 Å². The molecule has 1 unspecified atom stereocenters. The number of fused-ring (bicyclic) bond motifs is 1. The summed E-state index contributed by atoms with van der Waals surface area (Å²) >= 11 is 1.77. The van der Waals surface area contributed by atoms with Gasteiger partial charge in [0, 0.05) is 29.7 Å². The Morgan fingerprint density at radius 1 is 1.21 bits per heavy atom. The van der Waals surface area contributed by atoms with Crippen molar-refractivity contribution in [3.05, 3.63) is 54.2 Å². The molecule has 4 rings (SSSR count). The topological polar surface area (TPSA) is 65.4 Å². The molecule has 1 atom stereocenters. The van der Waals surface area contributed by atoms with Gasteiger partial charge in [0.05, 0.1) is 12.8 Å². The number of aryl methyl sites for hydroxylation is 2. The van der Waals surface area contributed by atoms with Gasteiger partial charge in [0.1, 0.15) is 0 Å². The molecule has 1 amide bonds. The lowest BCUT2D eigenvalue weighted by Gasteiger charge is -2.17. The number of benzene rings is 2. The Kier molecular flexibility index (Phi) is 5.49. The predicted molar refractivity (Wildman–Crippen MR) is 115 cm³/mol. The van der Waals surface area contributed by atoms with E-state index in [9.17, 15) is 4.79 Å². The first-order chi connectivity index (χ1) is 14.0. The van der Waals surface area contributed by atoms with Gasteiger partial charge in [-0.05, 0) is 43.7 Å². The summed E-state index contributed by atoms with van der Waals surface area (Å²) in [7, 11) is 1.58. The van der Waals surface area contributed by atoms with Gasteiger partial charge in [0.15, 0.2) is 22.8 Å². The fraction of sp³-hybridized carbons (Fsp3) is 0.273. The number of amides is 1. The average Bonchev–Trinajstić information content (AvgIpc) is 3.32. The lowest BCUT2D eigenvalue weighted by molar-refractivity contribution is -0.122. The van der Waals surface area contributed by atoms with Crippen molar-refractivity contribution >= 4 is 23.4 Å². The molecule has 0 saturated heterocycles. The second-order valence-electron chi connectivity index (χ2n) is 6.93. The van der Waals surface area contributed by atoms with E-state index in [1.807, 2.05) is 49.4 Å². The van der Waals surface area contributed by atoms with Gasteiger partial charge < -0.3 is 19.4 Å².